The van der Waals surface area contributed by atoms with Gasteiger partial charge in [-0.15, -0.1) is 0 Å². The zero-order valence-corrected chi connectivity index (χ0v) is 11.1. The molecule has 0 amide bonds. The van der Waals surface area contributed by atoms with Crippen molar-refractivity contribution in [3.63, 3.8) is 0 Å². The highest BCUT2D eigenvalue weighted by Crippen LogP contribution is 2.20. The van der Waals surface area contributed by atoms with Crippen LogP contribution in [0.4, 0.5) is 10.3 Å². The smallest absolute Gasteiger partial charge is 0.225 e. The third-order valence-electron chi connectivity index (χ3n) is 3.09. The number of hydrogen-bond donors (Lipinski definition) is 0. The monoisotopic (exact) mass is 274 g/mol. The van der Waals surface area contributed by atoms with Crippen LogP contribution in [0.1, 0.15) is 6.42 Å². The van der Waals surface area contributed by atoms with Gasteiger partial charge in [-0.1, -0.05) is 0 Å². The van der Waals surface area contributed by atoms with Gasteiger partial charge < -0.3 is 4.90 Å². The van der Waals surface area contributed by atoms with Crippen LogP contribution in [0.25, 0.3) is 0 Å². The molecule has 1 fully saturated rings. The molecule has 1 unspecified atom stereocenters. The fourth-order valence-electron chi connectivity index (χ4n) is 1.96. The van der Waals surface area contributed by atoms with E-state index in [0.717, 1.165) is 12.4 Å². The van der Waals surface area contributed by atoms with Gasteiger partial charge in [0.05, 0.1) is 18.6 Å². The Morgan fingerprint density at radius 2 is 2.06 bits per heavy atom. The fraction of sp³-hybridized carbons (Fsp3) is 0.600. The Labute approximate surface area is 106 Å². The Hall–Kier alpha value is -1.28. The van der Waals surface area contributed by atoms with E-state index in [4.69, 9.17) is 0 Å². The number of rotatable bonds is 3. The van der Waals surface area contributed by atoms with Crippen molar-refractivity contribution in [2.45, 2.75) is 12.5 Å². The summed E-state index contributed by atoms with van der Waals surface area (Å²) >= 11 is 0. The molecule has 2 heterocycles. The maximum Gasteiger partial charge on any atom is 0.225 e. The highest BCUT2D eigenvalue weighted by atomic mass is 32.2. The molecule has 1 aromatic heterocycles. The second kappa shape index (κ2) is 4.77. The summed E-state index contributed by atoms with van der Waals surface area (Å²) in [5.74, 6) is -0.0523. The summed E-state index contributed by atoms with van der Waals surface area (Å²) in [6.07, 6.45) is 4.11. The summed E-state index contributed by atoms with van der Waals surface area (Å²) in [5, 5.41) is 0. The molecule has 1 aliphatic heterocycles. The molecule has 0 N–H and O–H groups in total. The van der Waals surface area contributed by atoms with Crippen LogP contribution in [0.3, 0.4) is 0 Å². The molecule has 1 atom stereocenters. The van der Waals surface area contributed by atoms with Crippen molar-refractivity contribution < 1.29 is 12.8 Å². The normalized spacial score (nSPS) is 20.7. The molecule has 1 saturated heterocycles. The maximum absolute atomic E-state index is 12.7. The molecule has 2 rings (SSSR count). The SMILES string of the molecule is CN(C1CCN(c2ncc(F)cn2)C1)S(C)(=O)=O. The summed E-state index contributed by atoms with van der Waals surface area (Å²) in [6, 6.07) is -0.0892. The van der Waals surface area contributed by atoms with Gasteiger partial charge in [-0.25, -0.2) is 27.1 Å². The molecule has 8 heteroatoms. The van der Waals surface area contributed by atoms with Crippen LogP contribution < -0.4 is 4.90 Å². The average molecular weight is 274 g/mol. The summed E-state index contributed by atoms with van der Waals surface area (Å²) in [7, 11) is -1.63. The number of nitrogens with zero attached hydrogens (tertiary/aromatic N) is 4. The molecule has 0 spiro atoms. The summed E-state index contributed by atoms with van der Waals surface area (Å²) < 4.78 is 36.9. The minimum absolute atomic E-state index is 0.0892. The van der Waals surface area contributed by atoms with E-state index in [1.165, 1.54) is 10.6 Å². The van der Waals surface area contributed by atoms with Gasteiger partial charge in [0.2, 0.25) is 16.0 Å². The number of anilines is 1. The third kappa shape index (κ3) is 2.75. The second-order valence-electron chi connectivity index (χ2n) is 4.37. The van der Waals surface area contributed by atoms with E-state index in [1.54, 1.807) is 7.05 Å². The van der Waals surface area contributed by atoms with Gasteiger partial charge in [0.1, 0.15) is 0 Å². The largest absolute Gasteiger partial charge is 0.339 e. The minimum Gasteiger partial charge on any atom is -0.339 e. The van der Waals surface area contributed by atoms with Gasteiger partial charge in [0.25, 0.3) is 0 Å². The molecule has 1 aromatic rings. The first-order chi connectivity index (χ1) is 8.38. The third-order valence-corrected chi connectivity index (χ3v) is 4.43. The van der Waals surface area contributed by atoms with Crippen molar-refractivity contribution in [1.29, 1.82) is 0 Å². The van der Waals surface area contributed by atoms with Crippen molar-refractivity contribution in [2.24, 2.45) is 0 Å². The predicted molar refractivity (Wildman–Crippen MR) is 65.2 cm³/mol. The Balaban J connectivity index is 2.07. The lowest BCUT2D eigenvalue weighted by Gasteiger charge is -2.22. The van der Waals surface area contributed by atoms with Crippen molar-refractivity contribution in [3.8, 4) is 0 Å². The maximum atomic E-state index is 12.7. The van der Waals surface area contributed by atoms with Gasteiger partial charge in [-0.05, 0) is 6.42 Å². The summed E-state index contributed by atoms with van der Waals surface area (Å²) in [6.45, 7) is 1.19. The number of halogens is 1. The van der Waals surface area contributed by atoms with Crippen molar-refractivity contribution in [1.82, 2.24) is 14.3 Å². The topological polar surface area (TPSA) is 66.4 Å². The van der Waals surface area contributed by atoms with Crippen LogP contribution >= 0.6 is 0 Å². The Morgan fingerprint density at radius 3 is 2.61 bits per heavy atom. The zero-order valence-electron chi connectivity index (χ0n) is 10.2. The first-order valence-corrected chi connectivity index (χ1v) is 7.38. The van der Waals surface area contributed by atoms with E-state index >= 15 is 0 Å². The van der Waals surface area contributed by atoms with E-state index < -0.39 is 15.8 Å². The van der Waals surface area contributed by atoms with Gasteiger partial charge in [-0.2, -0.15) is 0 Å². The molecular weight excluding hydrogens is 259 g/mol. The standard InChI is InChI=1S/C10H15FN4O2S/c1-14(18(2,16)17)9-3-4-15(7-9)10-12-5-8(11)6-13-10/h5-6,9H,3-4,7H2,1-2H3. The number of aromatic nitrogens is 2. The average Bonchev–Trinajstić information content (AvgIpc) is 2.77. The summed E-state index contributed by atoms with van der Waals surface area (Å²) in [5.41, 5.74) is 0. The van der Waals surface area contributed by atoms with E-state index in [9.17, 15) is 12.8 Å². The number of likely N-dealkylation sites (N-methyl/N-ethyl adjacent to an activating group) is 1. The minimum atomic E-state index is -3.19. The van der Waals surface area contributed by atoms with E-state index in [0.29, 0.717) is 25.5 Å². The predicted octanol–water partition coefficient (Wildman–Crippen LogP) is 0.0858. The van der Waals surface area contributed by atoms with Gasteiger partial charge in [0.15, 0.2) is 5.82 Å². The van der Waals surface area contributed by atoms with Crippen LogP contribution in [-0.2, 0) is 10.0 Å². The van der Waals surface area contributed by atoms with Crippen LogP contribution in [0, 0.1) is 5.82 Å². The molecule has 18 heavy (non-hydrogen) atoms. The lowest BCUT2D eigenvalue weighted by atomic mass is 10.3. The molecule has 0 bridgehead atoms. The van der Waals surface area contributed by atoms with Crippen molar-refractivity contribution in [3.05, 3.63) is 18.2 Å². The Bertz CT molecular complexity index is 519. The first-order valence-electron chi connectivity index (χ1n) is 5.53. The Kier molecular flexibility index (Phi) is 3.49. The number of hydrogen-bond acceptors (Lipinski definition) is 5. The molecule has 6 nitrogen and oxygen atoms in total. The Morgan fingerprint density at radius 1 is 1.44 bits per heavy atom. The molecule has 1 aliphatic rings. The molecule has 0 aromatic carbocycles. The molecule has 0 saturated carbocycles. The molecule has 0 aliphatic carbocycles. The van der Waals surface area contributed by atoms with Gasteiger partial charge >= 0.3 is 0 Å². The van der Waals surface area contributed by atoms with Crippen LogP contribution in [-0.4, -0.2) is 55.1 Å². The lowest BCUT2D eigenvalue weighted by molar-refractivity contribution is 0.393. The second-order valence-corrected chi connectivity index (χ2v) is 6.41. The zero-order chi connectivity index (χ0) is 13.3. The molecular formula is C10H15FN4O2S. The molecule has 100 valence electrons. The van der Waals surface area contributed by atoms with E-state index in [2.05, 4.69) is 9.97 Å². The van der Waals surface area contributed by atoms with Gasteiger partial charge in [0, 0.05) is 26.2 Å². The van der Waals surface area contributed by atoms with E-state index in [-0.39, 0.29) is 6.04 Å². The highest BCUT2D eigenvalue weighted by Gasteiger charge is 2.31. The van der Waals surface area contributed by atoms with Crippen molar-refractivity contribution in [2.75, 3.05) is 31.3 Å². The van der Waals surface area contributed by atoms with E-state index in [1.807, 2.05) is 4.90 Å². The summed E-state index contributed by atoms with van der Waals surface area (Å²) in [4.78, 5) is 9.63. The van der Waals surface area contributed by atoms with Crippen LogP contribution in [0.15, 0.2) is 12.4 Å². The number of sulfonamides is 1. The molecule has 0 radical (unpaired) electrons. The first kappa shape index (κ1) is 13.2. The lowest BCUT2D eigenvalue weighted by Crippen LogP contribution is -2.38. The fourth-order valence-corrected chi connectivity index (χ4v) is 2.67. The van der Waals surface area contributed by atoms with Crippen LogP contribution in [0.2, 0.25) is 0 Å². The highest BCUT2D eigenvalue weighted by molar-refractivity contribution is 7.88. The quantitative estimate of drug-likeness (QED) is 0.781. The van der Waals surface area contributed by atoms with Gasteiger partial charge in [-0.3, -0.25) is 0 Å². The van der Waals surface area contributed by atoms with Crippen LogP contribution in [0.5, 0.6) is 0 Å². The van der Waals surface area contributed by atoms with Crippen molar-refractivity contribution >= 4 is 16.0 Å².